The van der Waals surface area contributed by atoms with Crippen molar-refractivity contribution in [3.63, 3.8) is 0 Å². The van der Waals surface area contributed by atoms with Gasteiger partial charge in [0.25, 0.3) is 10.0 Å². The Hall–Kier alpha value is -2.82. The van der Waals surface area contributed by atoms with Crippen LogP contribution in [0.4, 0.5) is 29.5 Å². The summed E-state index contributed by atoms with van der Waals surface area (Å²) in [6.45, 7) is 4.78. The molecular formula is C17H19F3N4O3S. The van der Waals surface area contributed by atoms with Crippen LogP contribution >= 0.6 is 0 Å². The molecule has 152 valence electrons. The first-order valence-corrected chi connectivity index (χ1v) is 9.50. The molecule has 0 aliphatic carbocycles. The molecule has 11 heteroatoms. The van der Waals surface area contributed by atoms with Crippen molar-refractivity contribution in [1.82, 2.24) is 15.0 Å². The van der Waals surface area contributed by atoms with Crippen LogP contribution in [0.15, 0.2) is 47.5 Å². The number of hydrogen-bond donors (Lipinski definition) is 3. The highest BCUT2D eigenvalue weighted by Crippen LogP contribution is 2.36. The summed E-state index contributed by atoms with van der Waals surface area (Å²) in [5.41, 5.74) is -2.12. The first kappa shape index (κ1) is 21.5. The lowest BCUT2D eigenvalue weighted by molar-refractivity contribution is -0.139. The molecule has 0 aliphatic rings. The summed E-state index contributed by atoms with van der Waals surface area (Å²) in [5, 5.41) is 5.04. The Morgan fingerprint density at radius 3 is 2.29 bits per heavy atom. The van der Waals surface area contributed by atoms with Gasteiger partial charge in [-0.25, -0.2) is 22.9 Å². The molecule has 0 aliphatic heterocycles. The number of benzene rings is 1. The van der Waals surface area contributed by atoms with Crippen molar-refractivity contribution < 1.29 is 26.4 Å². The van der Waals surface area contributed by atoms with Crippen LogP contribution in [0.1, 0.15) is 26.3 Å². The maximum Gasteiger partial charge on any atom is 0.417 e. The molecule has 0 saturated carbocycles. The lowest BCUT2D eigenvalue weighted by Gasteiger charge is -2.21. The van der Waals surface area contributed by atoms with E-state index in [0.717, 1.165) is 12.1 Å². The fraction of sp³-hybridized carbons (Fsp3) is 0.294. The third-order valence-corrected chi connectivity index (χ3v) is 4.60. The number of alkyl halides is 3. The number of rotatable bonds is 4. The highest BCUT2D eigenvalue weighted by Gasteiger charge is 2.38. The summed E-state index contributed by atoms with van der Waals surface area (Å²) in [7, 11) is -4.80. The summed E-state index contributed by atoms with van der Waals surface area (Å²) in [6.07, 6.45) is -3.48. The monoisotopic (exact) mass is 416 g/mol. The van der Waals surface area contributed by atoms with E-state index >= 15 is 0 Å². The number of carbonyl (C=O) groups is 1. The van der Waals surface area contributed by atoms with E-state index in [-0.39, 0.29) is 5.69 Å². The van der Waals surface area contributed by atoms with Gasteiger partial charge < -0.3 is 10.6 Å². The first-order chi connectivity index (χ1) is 12.8. The molecular weight excluding hydrogens is 397 g/mol. The molecule has 2 aromatic rings. The number of hydrogen-bond acceptors (Lipinski definition) is 5. The molecule has 0 unspecified atom stereocenters. The Morgan fingerprint density at radius 1 is 1.07 bits per heavy atom. The molecule has 3 N–H and O–H groups in total. The van der Waals surface area contributed by atoms with Crippen molar-refractivity contribution >= 4 is 27.6 Å². The maximum absolute atomic E-state index is 13.3. The maximum atomic E-state index is 13.3. The first-order valence-electron chi connectivity index (χ1n) is 8.02. The number of sulfonamides is 1. The minimum atomic E-state index is -4.94. The number of nitrogens with zero attached hydrogens (tertiary/aromatic N) is 1. The zero-order valence-electron chi connectivity index (χ0n) is 15.3. The Balaban J connectivity index is 2.43. The standard InChI is InChI=1S/C17H19F3N4O3S/c1-16(2,3)23-15(25)24-28(26,27)13-10-11(7-8-12(13)17(18,19)20)22-14-6-4-5-9-21-14/h4-10H,1-3H3,(H,21,22)(H2,23,24,25). The van der Waals surface area contributed by atoms with Gasteiger partial charge in [0, 0.05) is 17.4 Å². The molecule has 1 heterocycles. The van der Waals surface area contributed by atoms with E-state index in [1.165, 1.54) is 6.20 Å². The molecule has 1 aromatic heterocycles. The van der Waals surface area contributed by atoms with E-state index in [4.69, 9.17) is 0 Å². The van der Waals surface area contributed by atoms with E-state index < -0.39 is 38.2 Å². The van der Waals surface area contributed by atoms with Crippen LogP contribution in [0.3, 0.4) is 0 Å². The van der Waals surface area contributed by atoms with Crippen LogP contribution in [-0.4, -0.2) is 25.0 Å². The summed E-state index contributed by atoms with van der Waals surface area (Å²) < 4.78 is 66.5. The van der Waals surface area contributed by atoms with Crippen molar-refractivity contribution in [3.05, 3.63) is 48.2 Å². The molecule has 2 rings (SSSR count). The molecule has 0 radical (unpaired) electrons. The molecule has 0 atom stereocenters. The van der Waals surface area contributed by atoms with E-state index in [0.29, 0.717) is 11.9 Å². The normalized spacial score (nSPS) is 12.4. The highest BCUT2D eigenvalue weighted by molar-refractivity contribution is 7.90. The second-order valence-corrected chi connectivity index (χ2v) is 8.51. The average molecular weight is 416 g/mol. The number of pyridine rings is 1. The van der Waals surface area contributed by atoms with Crippen LogP contribution in [0.5, 0.6) is 0 Å². The summed E-state index contributed by atoms with van der Waals surface area (Å²) in [5.74, 6) is 0.309. The second kappa shape index (κ2) is 7.66. The summed E-state index contributed by atoms with van der Waals surface area (Å²) in [6, 6.07) is 6.21. The van der Waals surface area contributed by atoms with Crippen molar-refractivity contribution in [2.75, 3.05) is 5.32 Å². The van der Waals surface area contributed by atoms with Crippen molar-refractivity contribution in [2.24, 2.45) is 0 Å². The summed E-state index contributed by atoms with van der Waals surface area (Å²) in [4.78, 5) is 14.8. The largest absolute Gasteiger partial charge is 0.417 e. The zero-order chi connectivity index (χ0) is 21.2. The van der Waals surface area contributed by atoms with Crippen LogP contribution < -0.4 is 15.4 Å². The average Bonchev–Trinajstić information content (AvgIpc) is 2.52. The van der Waals surface area contributed by atoms with Gasteiger partial charge in [-0.05, 0) is 51.1 Å². The molecule has 0 spiro atoms. The molecule has 2 amide bonds. The SMILES string of the molecule is CC(C)(C)NC(=O)NS(=O)(=O)c1cc(Nc2ccccn2)ccc1C(F)(F)F. The lowest BCUT2D eigenvalue weighted by Crippen LogP contribution is -2.48. The van der Waals surface area contributed by atoms with Gasteiger partial charge in [-0.3, -0.25) is 0 Å². The van der Waals surface area contributed by atoms with Gasteiger partial charge in [0.15, 0.2) is 0 Å². The van der Waals surface area contributed by atoms with E-state index in [1.54, 1.807) is 43.7 Å². The minimum absolute atomic E-state index is 0.0586. The number of carbonyl (C=O) groups excluding carboxylic acids is 1. The van der Waals surface area contributed by atoms with Crippen LogP contribution in [0.25, 0.3) is 0 Å². The van der Waals surface area contributed by atoms with Gasteiger partial charge in [-0.15, -0.1) is 0 Å². The number of urea groups is 1. The van der Waals surface area contributed by atoms with Crippen molar-refractivity contribution in [3.8, 4) is 0 Å². The van der Waals surface area contributed by atoms with Crippen LogP contribution in [0, 0.1) is 0 Å². The molecule has 0 bridgehead atoms. The minimum Gasteiger partial charge on any atom is -0.340 e. The molecule has 28 heavy (non-hydrogen) atoms. The van der Waals surface area contributed by atoms with E-state index in [9.17, 15) is 26.4 Å². The smallest absolute Gasteiger partial charge is 0.340 e. The number of halogens is 3. The molecule has 0 fully saturated rings. The van der Waals surface area contributed by atoms with Gasteiger partial charge in [-0.2, -0.15) is 13.2 Å². The number of nitrogens with one attached hydrogen (secondary N) is 3. The van der Waals surface area contributed by atoms with E-state index in [2.05, 4.69) is 15.6 Å². The van der Waals surface area contributed by atoms with Gasteiger partial charge in [0.2, 0.25) is 0 Å². The van der Waals surface area contributed by atoms with Crippen molar-refractivity contribution in [2.45, 2.75) is 37.4 Å². The topological polar surface area (TPSA) is 100 Å². The zero-order valence-corrected chi connectivity index (χ0v) is 16.1. The fourth-order valence-corrected chi connectivity index (χ4v) is 3.34. The van der Waals surface area contributed by atoms with Crippen LogP contribution in [-0.2, 0) is 16.2 Å². The predicted octanol–water partition coefficient (Wildman–Crippen LogP) is 3.63. The Kier molecular flexibility index (Phi) is 5.88. The van der Waals surface area contributed by atoms with Crippen LogP contribution in [0.2, 0.25) is 0 Å². The second-order valence-electron chi connectivity index (χ2n) is 6.86. The Bertz CT molecular complexity index is 956. The summed E-state index contributed by atoms with van der Waals surface area (Å²) >= 11 is 0. The predicted molar refractivity (Wildman–Crippen MR) is 97.6 cm³/mol. The van der Waals surface area contributed by atoms with Crippen molar-refractivity contribution in [1.29, 1.82) is 0 Å². The van der Waals surface area contributed by atoms with Gasteiger partial charge in [-0.1, -0.05) is 6.07 Å². The Morgan fingerprint density at radius 2 is 1.75 bits per heavy atom. The van der Waals surface area contributed by atoms with Gasteiger partial charge in [0.1, 0.15) is 10.7 Å². The van der Waals surface area contributed by atoms with Gasteiger partial charge in [0.05, 0.1) is 5.56 Å². The highest BCUT2D eigenvalue weighted by atomic mass is 32.2. The number of aromatic nitrogens is 1. The third-order valence-electron chi connectivity index (χ3n) is 3.23. The molecule has 7 nitrogen and oxygen atoms in total. The quantitative estimate of drug-likeness (QED) is 0.707. The Labute approximate surface area is 160 Å². The number of anilines is 2. The third kappa shape index (κ3) is 5.84. The molecule has 0 saturated heterocycles. The molecule has 1 aromatic carbocycles. The van der Waals surface area contributed by atoms with Gasteiger partial charge >= 0.3 is 12.2 Å². The number of amides is 2. The fourth-order valence-electron chi connectivity index (χ4n) is 2.18. The lowest BCUT2D eigenvalue weighted by atomic mass is 10.1. The van der Waals surface area contributed by atoms with E-state index in [1.807, 2.05) is 0 Å².